The number of carbonyl (C=O) groups excluding carboxylic acids is 1. The first-order valence-electron chi connectivity index (χ1n) is 5.53. The van der Waals surface area contributed by atoms with Crippen molar-refractivity contribution in [1.82, 2.24) is 0 Å². The zero-order chi connectivity index (χ0) is 10.8. The minimum absolute atomic E-state index is 0.230. The molecule has 2 heteroatoms. The molecule has 2 nitrogen and oxygen atoms in total. The number of hydrogen-bond acceptors (Lipinski definition) is 2. The van der Waals surface area contributed by atoms with Crippen molar-refractivity contribution in [2.75, 3.05) is 6.61 Å². The average Bonchev–Trinajstić information content (AvgIpc) is 2.00. The lowest BCUT2D eigenvalue weighted by Gasteiger charge is -2.44. The highest BCUT2D eigenvalue weighted by Crippen LogP contribution is 2.44. The largest absolute Gasteiger partial charge is 0.368 e. The summed E-state index contributed by atoms with van der Waals surface area (Å²) in [6.07, 6.45) is 3.96. The molecule has 1 saturated carbocycles. The van der Waals surface area contributed by atoms with Crippen molar-refractivity contribution >= 4 is 6.29 Å². The third kappa shape index (κ3) is 2.57. The second kappa shape index (κ2) is 4.01. The van der Waals surface area contributed by atoms with Crippen molar-refractivity contribution in [2.24, 2.45) is 11.3 Å². The van der Waals surface area contributed by atoms with E-state index in [1.807, 2.05) is 6.92 Å². The summed E-state index contributed by atoms with van der Waals surface area (Å²) in [6, 6.07) is 0. The van der Waals surface area contributed by atoms with Gasteiger partial charge in [-0.25, -0.2) is 0 Å². The zero-order valence-corrected chi connectivity index (χ0v) is 9.80. The molecular weight excluding hydrogens is 176 g/mol. The molecule has 0 aliphatic heterocycles. The molecule has 2 unspecified atom stereocenters. The van der Waals surface area contributed by atoms with Gasteiger partial charge >= 0.3 is 0 Å². The van der Waals surface area contributed by atoms with E-state index in [0.29, 0.717) is 12.5 Å². The molecule has 1 aliphatic carbocycles. The van der Waals surface area contributed by atoms with E-state index >= 15 is 0 Å². The Bertz CT molecular complexity index is 210. The van der Waals surface area contributed by atoms with Crippen molar-refractivity contribution < 1.29 is 9.53 Å². The van der Waals surface area contributed by atoms with Crippen LogP contribution in [-0.2, 0) is 9.53 Å². The van der Waals surface area contributed by atoms with Gasteiger partial charge in [0, 0.05) is 6.61 Å². The molecule has 0 saturated heterocycles. The smallest absolute Gasteiger partial charge is 0.151 e. The Morgan fingerprint density at radius 3 is 2.50 bits per heavy atom. The fourth-order valence-corrected chi connectivity index (χ4v) is 3.08. The number of rotatable bonds is 3. The lowest BCUT2D eigenvalue weighted by Crippen LogP contribution is -2.45. The molecule has 0 aromatic heterocycles. The summed E-state index contributed by atoms with van der Waals surface area (Å²) in [5.74, 6) is 0.579. The second-order valence-corrected chi connectivity index (χ2v) is 5.47. The van der Waals surface area contributed by atoms with Crippen LogP contribution in [-0.4, -0.2) is 18.5 Å². The minimum Gasteiger partial charge on any atom is -0.368 e. The number of carbonyl (C=O) groups is 1. The van der Waals surface area contributed by atoms with Crippen LogP contribution in [0.5, 0.6) is 0 Å². The number of aldehydes is 1. The topological polar surface area (TPSA) is 26.3 Å². The number of ether oxygens (including phenoxy) is 1. The van der Waals surface area contributed by atoms with Crippen LogP contribution in [0.25, 0.3) is 0 Å². The van der Waals surface area contributed by atoms with Gasteiger partial charge in [-0.15, -0.1) is 0 Å². The summed E-state index contributed by atoms with van der Waals surface area (Å²) in [7, 11) is 0. The van der Waals surface area contributed by atoms with E-state index in [1.54, 1.807) is 0 Å². The quantitative estimate of drug-likeness (QED) is 0.652. The van der Waals surface area contributed by atoms with Gasteiger partial charge in [0.1, 0.15) is 5.60 Å². The van der Waals surface area contributed by atoms with Crippen molar-refractivity contribution in [1.29, 1.82) is 0 Å². The van der Waals surface area contributed by atoms with Crippen molar-refractivity contribution in [2.45, 2.75) is 52.6 Å². The Hall–Kier alpha value is -0.370. The summed E-state index contributed by atoms with van der Waals surface area (Å²) in [5.41, 5.74) is -0.274. The summed E-state index contributed by atoms with van der Waals surface area (Å²) in [6.45, 7) is 9.23. The minimum atomic E-state index is -0.504. The molecular formula is C12H22O2. The zero-order valence-electron chi connectivity index (χ0n) is 9.80. The SMILES string of the molecule is CCOC1(C=O)CC(C)CC(C)(C)C1. The molecule has 1 fully saturated rings. The van der Waals surface area contributed by atoms with Gasteiger partial charge in [-0.3, -0.25) is 0 Å². The van der Waals surface area contributed by atoms with E-state index in [4.69, 9.17) is 4.74 Å². The molecule has 82 valence electrons. The monoisotopic (exact) mass is 198 g/mol. The van der Waals surface area contributed by atoms with E-state index < -0.39 is 5.60 Å². The van der Waals surface area contributed by atoms with Gasteiger partial charge in [0.05, 0.1) is 0 Å². The first-order chi connectivity index (χ1) is 6.43. The van der Waals surface area contributed by atoms with Crippen LogP contribution in [0, 0.1) is 11.3 Å². The van der Waals surface area contributed by atoms with Gasteiger partial charge in [-0.2, -0.15) is 0 Å². The molecule has 0 radical (unpaired) electrons. The summed E-state index contributed by atoms with van der Waals surface area (Å²) in [4.78, 5) is 11.2. The highest BCUT2D eigenvalue weighted by atomic mass is 16.5. The lowest BCUT2D eigenvalue weighted by molar-refractivity contribution is -0.145. The highest BCUT2D eigenvalue weighted by Gasteiger charge is 2.43. The maximum absolute atomic E-state index is 11.2. The molecule has 0 heterocycles. The van der Waals surface area contributed by atoms with Crippen LogP contribution >= 0.6 is 0 Å². The van der Waals surface area contributed by atoms with Crippen LogP contribution in [0.15, 0.2) is 0 Å². The van der Waals surface area contributed by atoms with Gasteiger partial charge in [0.2, 0.25) is 0 Å². The number of hydrogen-bond donors (Lipinski definition) is 0. The molecule has 0 N–H and O–H groups in total. The molecule has 0 aromatic rings. The molecule has 2 atom stereocenters. The molecule has 0 aromatic carbocycles. The van der Waals surface area contributed by atoms with E-state index in [9.17, 15) is 4.79 Å². The van der Waals surface area contributed by atoms with Gasteiger partial charge < -0.3 is 9.53 Å². The van der Waals surface area contributed by atoms with Crippen LogP contribution in [0.2, 0.25) is 0 Å². The van der Waals surface area contributed by atoms with Crippen molar-refractivity contribution in [3.8, 4) is 0 Å². The predicted molar refractivity (Wildman–Crippen MR) is 57.2 cm³/mol. The van der Waals surface area contributed by atoms with E-state index in [2.05, 4.69) is 20.8 Å². The molecule has 14 heavy (non-hydrogen) atoms. The van der Waals surface area contributed by atoms with E-state index in [-0.39, 0.29) is 5.41 Å². The fourth-order valence-electron chi connectivity index (χ4n) is 3.08. The van der Waals surface area contributed by atoms with Crippen molar-refractivity contribution in [3.05, 3.63) is 0 Å². The molecule has 1 rings (SSSR count). The fraction of sp³-hybridized carbons (Fsp3) is 0.917. The van der Waals surface area contributed by atoms with Gasteiger partial charge in [-0.1, -0.05) is 20.8 Å². The Labute approximate surface area is 87.0 Å². The van der Waals surface area contributed by atoms with Crippen LogP contribution < -0.4 is 0 Å². The maximum Gasteiger partial charge on any atom is 0.151 e. The Morgan fingerprint density at radius 1 is 1.43 bits per heavy atom. The molecule has 0 amide bonds. The molecule has 0 spiro atoms. The van der Waals surface area contributed by atoms with Gasteiger partial charge in [0.25, 0.3) is 0 Å². The van der Waals surface area contributed by atoms with Crippen molar-refractivity contribution in [3.63, 3.8) is 0 Å². The summed E-state index contributed by atoms with van der Waals surface area (Å²) < 4.78 is 5.66. The first-order valence-corrected chi connectivity index (χ1v) is 5.53. The van der Waals surface area contributed by atoms with Crippen LogP contribution in [0.3, 0.4) is 0 Å². The Balaban J connectivity index is 2.80. The lowest BCUT2D eigenvalue weighted by atomic mass is 9.66. The van der Waals surface area contributed by atoms with Gasteiger partial charge in [-0.05, 0) is 37.5 Å². The third-order valence-corrected chi connectivity index (χ3v) is 3.02. The third-order valence-electron chi connectivity index (χ3n) is 3.02. The summed E-state index contributed by atoms with van der Waals surface area (Å²) >= 11 is 0. The Morgan fingerprint density at radius 2 is 2.07 bits per heavy atom. The average molecular weight is 198 g/mol. The second-order valence-electron chi connectivity index (χ2n) is 5.47. The predicted octanol–water partition coefficient (Wildman–Crippen LogP) is 2.81. The molecule has 1 aliphatic rings. The van der Waals surface area contributed by atoms with E-state index in [1.165, 1.54) is 6.42 Å². The summed E-state index contributed by atoms with van der Waals surface area (Å²) in [5, 5.41) is 0. The Kier molecular flexibility index (Phi) is 3.36. The van der Waals surface area contributed by atoms with E-state index in [0.717, 1.165) is 19.1 Å². The van der Waals surface area contributed by atoms with Crippen LogP contribution in [0.1, 0.15) is 47.0 Å². The first kappa shape index (κ1) is 11.7. The standard InChI is InChI=1S/C12H22O2/c1-5-14-12(9-13)7-10(2)6-11(3,4)8-12/h9-10H,5-8H2,1-4H3. The normalized spacial score (nSPS) is 36.7. The molecule has 0 bridgehead atoms. The van der Waals surface area contributed by atoms with Gasteiger partial charge in [0.15, 0.2) is 6.29 Å². The highest BCUT2D eigenvalue weighted by molar-refractivity contribution is 5.63. The maximum atomic E-state index is 11.2. The van der Waals surface area contributed by atoms with Crippen LogP contribution in [0.4, 0.5) is 0 Å².